The van der Waals surface area contributed by atoms with Gasteiger partial charge in [-0.05, 0) is 12.8 Å². The van der Waals surface area contributed by atoms with Gasteiger partial charge >= 0.3 is 0 Å². The third-order valence-corrected chi connectivity index (χ3v) is 5.72. The first-order valence-corrected chi connectivity index (χ1v) is 8.01. The summed E-state index contributed by atoms with van der Waals surface area (Å²) < 4.78 is 33.2. The second-order valence-electron chi connectivity index (χ2n) is 4.82. The monoisotopic (exact) mass is 278 g/mol. The molecule has 1 N–H and O–H groups in total. The van der Waals surface area contributed by atoms with Gasteiger partial charge in [-0.1, -0.05) is 12.8 Å². The summed E-state index contributed by atoms with van der Waals surface area (Å²) in [6, 6.07) is -0.264. The molecular formula is C11H22N2O4S. The van der Waals surface area contributed by atoms with Gasteiger partial charge in [0.25, 0.3) is 10.2 Å². The van der Waals surface area contributed by atoms with Gasteiger partial charge in [0.15, 0.2) is 0 Å². The van der Waals surface area contributed by atoms with E-state index < -0.39 is 10.2 Å². The minimum Gasteiger partial charge on any atom is -0.395 e. The number of hydrogen-bond acceptors (Lipinski definition) is 4. The van der Waals surface area contributed by atoms with Crippen LogP contribution in [0.25, 0.3) is 0 Å². The third-order valence-electron chi connectivity index (χ3n) is 3.63. The van der Waals surface area contributed by atoms with Crippen LogP contribution in [0.2, 0.25) is 0 Å². The lowest BCUT2D eigenvalue weighted by Crippen LogP contribution is -2.52. The fourth-order valence-electron chi connectivity index (χ4n) is 2.56. The molecule has 0 aromatic heterocycles. The lowest BCUT2D eigenvalue weighted by atomic mass is 10.1. The highest BCUT2D eigenvalue weighted by atomic mass is 32.2. The Balaban J connectivity index is 2.14. The molecule has 0 radical (unpaired) electrons. The first-order chi connectivity index (χ1) is 8.66. The number of morpholine rings is 1. The summed E-state index contributed by atoms with van der Waals surface area (Å²) in [5.41, 5.74) is 0. The summed E-state index contributed by atoms with van der Waals surface area (Å²) in [6.45, 7) is 2.16. The molecule has 18 heavy (non-hydrogen) atoms. The van der Waals surface area contributed by atoms with Crippen molar-refractivity contribution in [2.75, 3.05) is 39.5 Å². The molecule has 2 aliphatic heterocycles. The van der Waals surface area contributed by atoms with Crippen LogP contribution >= 0.6 is 0 Å². The molecule has 106 valence electrons. The SMILES string of the molecule is O=S(=O)(N1CCOCC1)N1CCCCCC1CO. The van der Waals surface area contributed by atoms with Gasteiger partial charge in [0.1, 0.15) is 0 Å². The van der Waals surface area contributed by atoms with Gasteiger partial charge in [-0.25, -0.2) is 0 Å². The molecule has 2 rings (SSSR count). The molecule has 6 nitrogen and oxygen atoms in total. The van der Waals surface area contributed by atoms with Crippen molar-refractivity contribution in [3.05, 3.63) is 0 Å². The van der Waals surface area contributed by atoms with Crippen LogP contribution in [0, 0.1) is 0 Å². The molecule has 0 spiro atoms. The van der Waals surface area contributed by atoms with E-state index in [-0.39, 0.29) is 12.6 Å². The summed E-state index contributed by atoms with van der Waals surface area (Å²) in [7, 11) is -3.44. The number of aliphatic hydroxyl groups excluding tert-OH is 1. The standard InChI is InChI=1S/C11H22N2O4S/c14-10-11-4-2-1-3-5-13(11)18(15,16)12-6-8-17-9-7-12/h11,14H,1-10H2. The Morgan fingerprint density at radius 3 is 2.50 bits per heavy atom. The quantitative estimate of drug-likeness (QED) is 0.776. The van der Waals surface area contributed by atoms with E-state index in [1.807, 2.05) is 0 Å². The number of rotatable bonds is 3. The van der Waals surface area contributed by atoms with Crippen molar-refractivity contribution in [2.45, 2.75) is 31.7 Å². The highest BCUT2D eigenvalue weighted by molar-refractivity contribution is 7.86. The zero-order valence-corrected chi connectivity index (χ0v) is 11.4. The number of nitrogens with zero attached hydrogens (tertiary/aromatic N) is 2. The van der Waals surface area contributed by atoms with Crippen molar-refractivity contribution in [3.63, 3.8) is 0 Å². The Labute approximate surface area is 109 Å². The summed E-state index contributed by atoms with van der Waals surface area (Å²) >= 11 is 0. The van der Waals surface area contributed by atoms with E-state index >= 15 is 0 Å². The predicted molar refractivity (Wildman–Crippen MR) is 67.4 cm³/mol. The van der Waals surface area contributed by atoms with Crippen LogP contribution in [0.3, 0.4) is 0 Å². The summed E-state index contributed by atoms with van der Waals surface area (Å²) in [5.74, 6) is 0. The van der Waals surface area contributed by atoms with E-state index in [9.17, 15) is 13.5 Å². The average molecular weight is 278 g/mol. The third kappa shape index (κ3) is 3.03. The van der Waals surface area contributed by atoms with Crippen LogP contribution in [0.5, 0.6) is 0 Å². The maximum absolute atomic E-state index is 12.5. The van der Waals surface area contributed by atoms with E-state index in [0.29, 0.717) is 32.8 Å². The van der Waals surface area contributed by atoms with Crippen molar-refractivity contribution in [1.82, 2.24) is 8.61 Å². The van der Waals surface area contributed by atoms with Gasteiger partial charge in [-0.2, -0.15) is 17.0 Å². The second-order valence-corrected chi connectivity index (χ2v) is 6.70. The van der Waals surface area contributed by atoms with Crippen LogP contribution in [-0.4, -0.2) is 67.6 Å². The highest BCUT2D eigenvalue weighted by Gasteiger charge is 2.35. The number of aliphatic hydroxyl groups is 1. The van der Waals surface area contributed by atoms with Crippen LogP contribution in [0.15, 0.2) is 0 Å². The van der Waals surface area contributed by atoms with Crippen LogP contribution in [0.1, 0.15) is 25.7 Å². The van der Waals surface area contributed by atoms with Crippen LogP contribution < -0.4 is 0 Å². The molecule has 2 fully saturated rings. The largest absolute Gasteiger partial charge is 0.395 e. The predicted octanol–water partition coefficient (Wildman–Crippen LogP) is -0.200. The molecule has 2 heterocycles. The van der Waals surface area contributed by atoms with Crippen LogP contribution in [-0.2, 0) is 14.9 Å². The van der Waals surface area contributed by atoms with E-state index in [4.69, 9.17) is 4.74 Å². The number of hydrogen-bond donors (Lipinski definition) is 1. The lowest BCUT2D eigenvalue weighted by Gasteiger charge is -2.34. The molecule has 0 aromatic carbocycles. The Morgan fingerprint density at radius 1 is 1.11 bits per heavy atom. The summed E-state index contributed by atoms with van der Waals surface area (Å²) in [5, 5.41) is 9.40. The molecule has 2 aliphatic rings. The minimum absolute atomic E-state index is 0.0937. The minimum atomic E-state index is -3.44. The van der Waals surface area contributed by atoms with E-state index in [2.05, 4.69) is 0 Å². The van der Waals surface area contributed by atoms with Gasteiger partial charge < -0.3 is 9.84 Å². The van der Waals surface area contributed by atoms with Crippen molar-refractivity contribution in [3.8, 4) is 0 Å². The zero-order valence-electron chi connectivity index (χ0n) is 10.6. The smallest absolute Gasteiger partial charge is 0.282 e. The van der Waals surface area contributed by atoms with Gasteiger partial charge in [0, 0.05) is 25.7 Å². The van der Waals surface area contributed by atoms with Gasteiger partial charge in [-0.15, -0.1) is 0 Å². The molecule has 0 aromatic rings. The molecule has 0 amide bonds. The highest BCUT2D eigenvalue weighted by Crippen LogP contribution is 2.22. The summed E-state index contributed by atoms with van der Waals surface area (Å²) in [4.78, 5) is 0. The maximum Gasteiger partial charge on any atom is 0.282 e. The normalized spacial score (nSPS) is 29.1. The zero-order chi connectivity index (χ0) is 13.0. The van der Waals surface area contributed by atoms with Crippen molar-refractivity contribution in [1.29, 1.82) is 0 Å². The number of ether oxygens (including phenoxy) is 1. The Morgan fingerprint density at radius 2 is 1.83 bits per heavy atom. The molecule has 7 heteroatoms. The topological polar surface area (TPSA) is 70.1 Å². The van der Waals surface area contributed by atoms with Gasteiger partial charge in [0.2, 0.25) is 0 Å². The molecule has 0 saturated carbocycles. The van der Waals surface area contributed by atoms with E-state index in [1.165, 1.54) is 8.61 Å². The first kappa shape index (κ1) is 14.2. The van der Waals surface area contributed by atoms with Crippen LogP contribution in [0.4, 0.5) is 0 Å². The van der Waals surface area contributed by atoms with E-state index in [0.717, 1.165) is 25.7 Å². The molecule has 1 atom stereocenters. The molecular weight excluding hydrogens is 256 g/mol. The fourth-order valence-corrected chi connectivity index (χ4v) is 4.38. The maximum atomic E-state index is 12.5. The second kappa shape index (κ2) is 6.29. The lowest BCUT2D eigenvalue weighted by molar-refractivity contribution is 0.0680. The molecule has 1 unspecified atom stereocenters. The molecule has 2 saturated heterocycles. The fraction of sp³-hybridized carbons (Fsp3) is 1.00. The van der Waals surface area contributed by atoms with Crippen molar-refractivity contribution in [2.24, 2.45) is 0 Å². The Kier molecular flexibility index (Phi) is 4.97. The van der Waals surface area contributed by atoms with E-state index in [1.54, 1.807) is 0 Å². The van der Waals surface area contributed by atoms with Gasteiger partial charge in [-0.3, -0.25) is 0 Å². The summed E-state index contributed by atoms with van der Waals surface area (Å²) in [6.07, 6.45) is 3.64. The first-order valence-electron chi connectivity index (χ1n) is 6.62. The van der Waals surface area contributed by atoms with Crippen molar-refractivity contribution >= 4 is 10.2 Å². The molecule has 0 bridgehead atoms. The Hall–Kier alpha value is -0.210. The average Bonchev–Trinajstić information content (AvgIpc) is 2.65. The van der Waals surface area contributed by atoms with Gasteiger partial charge in [0.05, 0.1) is 19.8 Å². The van der Waals surface area contributed by atoms with Crippen molar-refractivity contribution < 1.29 is 18.3 Å². The molecule has 0 aliphatic carbocycles. The Bertz CT molecular complexity index is 354.